The summed E-state index contributed by atoms with van der Waals surface area (Å²) in [5, 5.41) is 18.8. The molecule has 1 aromatic heterocycles. The third-order valence-corrected chi connectivity index (χ3v) is 4.43. The van der Waals surface area contributed by atoms with Gasteiger partial charge >= 0.3 is 6.11 Å². The van der Waals surface area contributed by atoms with Gasteiger partial charge in [-0.25, -0.2) is 4.98 Å². The summed E-state index contributed by atoms with van der Waals surface area (Å²) in [6.07, 6.45) is -2.74. The molecule has 0 saturated carbocycles. The molecule has 31 heavy (non-hydrogen) atoms. The van der Waals surface area contributed by atoms with E-state index >= 15 is 0 Å². The van der Waals surface area contributed by atoms with Crippen LogP contribution in [0.1, 0.15) is 38.1 Å². The lowest BCUT2D eigenvalue weighted by Crippen LogP contribution is -2.29. The predicted molar refractivity (Wildman–Crippen MR) is 116 cm³/mol. The molecule has 2 aromatic rings. The maximum Gasteiger partial charge on any atom is 0.394 e. The Hall–Kier alpha value is -3.20. The minimum atomic E-state index is -3.24. The molecule has 0 saturated heterocycles. The van der Waals surface area contributed by atoms with E-state index in [-0.39, 0.29) is 29.3 Å². The number of rotatable bonds is 11. The van der Waals surface area contributed by atoms with Gasteiger partial charge in [-0.15, -0.1) is 0 Å². The highest BCUT2D eigenvalue weighted by Gasteiger charge is 2.23. The zero-order chi connectivity index (χ0) is 23.2. The van der Waals surface area contributed by atoms with Crippen LogP contribution in [0.3, 0.4) is 0 Å². The Balaban J connectivity index is 2.06. The molecule has 1 amide bonds. The standard InChI is InChI=1S/C22H28F2N4O3/c1-13(2)20(16-6-8-17(9-7-16)31-22(5,23)24)25-11-14(3)27-18-10-19(30)15(4)28-21(18)26-12-29/h6-10,12-13,20,25,27,30H,3,11H2,1-2,4-5H3,(H,26,28,29). The smallest absolute Gasteiger partial charge is 0.394 e. The van der Waals surface area contributed by atoms with Gasteiger partial charge in [-0.05, 0) is 30.5 Å². The molecule has 1 heterocycles. The molecule has 0 aliphatic heterocycles. The first-order chi connectivity index (χ1) is 14.5. The van der Waals surface area contributed by atoms with Crippen molar-refractivity contribution in [3.05, 3.63) is 53.9 Å². The second-order valence-corrected chi connectivity index (χ2v) is 7.56. The molecule has 0 spiro atoms. The molecule has 0 fully saturated rings. The maximum atomic E-state index is 13.0. The van der Waals surface area contributed by atoms with E-state index in [1.165, 1.54) is 18.2 Å². The van der Waals surface area contributed by atoms with Gasteiger partial charge in [0.1, 0.15) is 11.5 Å². The van der Waals surface area contributed by atoms with Crippen molar-refractivity contribution in [1.29, 1.82) is 0 Å². The fraction of sp³-hybridized carbons (Fsp3) is 0.364. The SMILES string of the molecule is C=C(CNC(c1ccc(OC(C)(F)F)cc1)C(C)C)Nc1cc(O)c(C)nc1NC=O. The largest absolute Gasteiger partial charge is 0.506 e. The summed E-state index contributed by atoms with van der Waals surface area (Å²) >= 11 is 0. The van der Waals surface area contributed by atoms with Gasteiger partial charge in [0.15, 0.2) is 5.82 Å². The van der Waals surface area contributed by atoms with Crippen LogP contribution < -0.4 is 20.7 Å². The van der Waals surface area contributed by atoms with Crippen molar-refractivity contribution in [3.63, 3.8) is 0 Å². The van der Waals surface area contributed by atoms with E-state index < -0.39 is 6.11 Å². The average Bonchev–Trinajstić information content (AvgIpc) is 2.66. The van der Waals surface area contributed by atoms with E-state index in [1.807, 2.05) is 13.8 Å². The Morgan fingerprint density at radius 1 is 1.32 bits per heavy atom. The molecule has 9 heteroatoms. The highest BCUT2D eigenvalue weighted by molar-refractivity contribution is 5.79. The molecule has 0 bridgehead atoms. The summed E-state index contributed by atoms with van der Waals surface area (Å²) in [6, 6.07) is 7.88. The number of aromatic hydroxyl groups is 1. The first-order valence-corrected chi connectivity index (χ1v) is 9.76. The van der Waals surface area contributed by atoms with Gasteiger partial charge in [0.2, 0.25) is 6.41 Å². The molecular weight excluding hydrogens is 406 g/mol. The van der Waals surface area contributed by atoms with Crippen molar-refractivity contribution >= 4 is 17.9 Å². The minimum Gasteiger partial charge on any atom is -0.506 e. The Kier molecular flexibility index (Phi) is 7.93. The number of pyridine rings is 1. The lowest BCUT2D eigenvalue weighted by atomic mass is 9.96. The van der Waals surface area contributed by atoms with Crippen LogP contribution in [-0.2, 0) is 4.79 Å². The lowest BCUT2D eigenvalue weighted by molar-refractivity contribution is -0.158. The summed E-state index contributed by atoms with van der Waals surface area (Å²) in [6.45, 7) is 10.7. The van der Waals surface area contributed by atoms with Crippen LogP contribution in [0.2, 0.25) is 0 Å². The third kappa shape index (κ3) is 7.21. The van der Waals surface area contributed by atoms with Crippen LogP contribution in [-0.4, -0.2) is 29.2 Å². The Morgan fingerprint density at radius 3 is 2.52 bits per heavy atom. The van der Waals surface area contributed by atoms with Crippen LogP contribution in [0.5, 0.6) is 11.5 Å². The molecule has 0 aliphatic rings. The molecule has 2 rings (SSSR count). The van der Waals surface area contributed by atoms with Crippen molar-refractivity contribution in [1.82, 2.24) is 10.3 Å². The Morgan fingerprint density at radius 2 is 1.97 bits per heavy atom. The normalized spacial score (nSPS) is 12.4. The zero-order valence-corrected chi connectivity index (χ0v) is 18.0. The van der Waals surface area contributed by atoms with Crippen molar-refractivity contribution < 1.29 is 23.4 Å². The second kappa shape index (κ2) is 10.2. The van der Waals surface area contributed by atoms with Crippen LogP contribution in [0.4, 0.5) is 20.3 Å². The Bertz CT molecular complexity index is 912. The predicted octanol–water partition coefficient (Wildman–Crippen LogP) is 4.57. The summed E-state index contributed by atoms with van der Waals surface area (Å²) in [4.78, 5) is 15.0. The van der Waals surface area contributed by atoms with Gasteiger partial charge in [0.05, 0.1) is 11.4 Å². The first kappa shape index (κ1) is 24.1. The van der Waals surface area contributed by atoms with Crippen molar-refractivity contribution in [2.24, 2.45) is 5.92 Å². The molecule has 168 valence electrons. The third-order valence-electron chi connectivity index (χ3n) is 4.43. The highest BCUT2D eigenvalue weighted by Crippen LogP contribution is 2.29. The van der Waals surface area contributed by atoms with Gasteiger partial charge < -0.3 is 25.8 Å². The fourth-order valence-electron chi connectivity index (χ4n) is 3.01. The van der Waals surface area contributed by atoms with Crippen LogP contribution >= 0.6 is 0 Å². The monoisotopic (exact) mass is 434 g/mol. The molecule has 4 N–H and O–H groups in total. The first-order valence-electron chi connectivity index (χ1n) is 9.76. The number of amides is 1. The number of carbonyl (C=O) groups excluding carboxylic acids is 1. The van der Waals surface area contributed by atoms with Gasteiger partial charge in [0, 0.05) is 31.3 Å². The van der Waals surface area contributed by atoms with E-state index in [0.717, 1.165) is 5.56 Å². The summed E-state index contributed by atoms with van der Waals surface area (Å²) in [7, 11) is 0. The molecular formula is C22H28F2N4O3. The Labute approximate surface area is 180 Å². The number of halogens is 2. The summed E-state index contributed by atoms with van der Waals surface area (Å²) in [5.41, 5.74) is 2.28. The number of aryl methyl sites for hydroxylation is 1. The minimum absolute atomic E-state index is 0.0141. The number of anilines is 2. The molecule has 1 atom stereocenters. The van der Waals surface area contributed by atoms with Gasteiger partial charge in [-0.2, -0.15) is 8.78 Å². The number of hydrogen-bond acceptors (Lipinski definition) is 6. The van der Waals surface area contributed by atoms with Crippen molar-refractivity contribution in [3.8, 4) is 11.5 Å². The molecule has 1 unspecified atom stereocenters. The van der Waals surface area contributed by atoms with Gasteiger partial charge in [0.25, 0.3) is 0 Å². The number of nitrogens with one attached hydrogen (secondary N) is 3. The summed E-state index contributed by atoms with van der Waals surface area (Å²) < 4.78 is 30.6. The number of alkyl halides is 2. The quantitative estimate of drug-likeness (QED) is 0.387. The van der Waals surface area contributed by atoms with E-state index in [1.54, 1.807) is 19.1 Å². The lowest BCUT2D eigenvalue weighted by Gasteiger charge is -2.24. The van der Waals surface area contributed by atoms with Crippen LogP contribution in [0, 0.1) is 12.8 Å². The fourth-order valence-corrected chi connectivity index (χ4v) is 3.01. The highest BCUT2D eigenvalue weighted by atomic mass is 19.3. The van der Waals surface area contributed by atoms with Gasteiger partial charge in [-0.1, -0.05) is 32.6 Å². The number of nitrogens with zero attached hydrogens (tertiary/aromatic N) is 1. The molecule has 1 aromatic carbocycles. The number of ether oxygens (including phenoxy) is 1. The molecule has 0 aliphatic carbocycles. The maximum absolute atomic E-state index is 13.0. The van der Waals surface area contributed by atoms with E-state index in [9.17, 15) is 18.7 Å². The summed E-state index contributed by atoms with van der Waals surface area (Å²) in [5.74, 6) is 0.547. The van der Waals surface area contributed by atoms with E-state index in [2.05, 4.69) is 32.3 Å². The molecule has 7 nitrogen and oxygen atoms in total. The number of hydrogen-bond donors (Lipinski definition) is 4. The van der Waals surface area contributed by atoms with Crippen LogP contribution in [0.15, 0.2) is 42.6 Å². The number of aromatic nitrogens is 1. The van der Waals surface area contributed by atoms with Crippen LogP contribution in [0.25, 0.3) is 0 Å². The number of carbonyl (C=O) groups is 1. The van der Waals surface area contributed by atoms with Crippen molar-refractivity contribution in [2.75, 3.05) is 17.2 Å². The van der Waals surface area contributed by atoms with E-state index in [0.29, 0.717) is 37.0 Å². The topological polar surface area (TPSA) is 95.5 Å². The average molecular weight is 434 g/mol. The number of benzene rings is 1. The molecule has 0 radical (unpaired) electrons. The zero-order valence-electron chi connectivity index (χ0n) is 18.0. The van der Waals surface area contributed by atoms with E-state index in [4.69, 9.17) is 0 Å². The van der Waals surface area contributed by atoms with Crippen molar-refractivity contribution in [2.45, 2.75) is 39.8 Å². The second-order valence-electron chi connectivity index (χ2n) is 7.56. The van der Waals surface area contributed by atoms with Gasteiger partial charge in [-0.3, -0.25) is 4.79 Å².